The smallest absolute Gasteiger partial charge is 0.303 e. The van der Waals surface area contributed by atoms with E-state index in [1.165, 1.54) is 57.8 Å². The minimum Gasteiger partial charge on any atom is -0.481 e. The van der Waals surface area contributed by atoms with Crippen molar-refractivity contribution in [3.05, 3.63) is 12.2 Å². The number of allylic oxidation sites excluding steroid dienone is 2. The molecule has 0 aromatic carbocycles. The summed E-state index contributed by atoms with van der Waals surface area (Å²) in [6.45, 7) is 2.18. The van der Waals surface area contributed by atoms with Gasteiger partial charge in [-0.1, -0.05) is 70.4 Å². The van der Waals surface area contributed by atoms with Gasteiger partial charge in [0, 0.05) is 6.42 Å². The molecule has 0 aliphatic rings. The molecule has 0 aromatic heterocycles. The van der Waals surface area contributed by atoms with E-state index in [4.69, 9.17) is 5.11 Å². The lowest BCUT2D eigenvalue weighted by atomic mass is 10.1. The third-order valence-corrected chi connectivity index (χ3v) is 3.41. The Morgan fingerprint density at radius 3 is 1.74 bits per heavy atom. The maximum Gasteiger partial charge on any atom is 0.303 e. The highest BCUT2D eigenvalue weighted by Gasteiger charge is 1.96. The zero-order valence-electron chi connectivity index (χ0n) is 12.7. The number of hydrogen-bond donors (Lipinski definition) is 1. The molecule has 0 aliphatic heterocycles. The van der Waals surface area contributed by atoms with E-state index in [-0.39, 0.29) is 0 Å². The van der Waals surface area contributed by atoms with Gasteiger partial charge in [-0.15, -0.1) is 0 Å². The van der Waals surface area contributed by atoms with Crippen molar-refractivity contribution in [1.82, 2.24) is 0 Å². The molecule has 0 atom stereocenters. The van der Waals surface area contributed by atoms with Gasteiger partial charge in [0.1, 0.15) is 0 Å². The number of carboxylic acids is 1. The SMILES string of the molecule is CC/C=C/CCCCCCCCCCCCC(=O)O. The van der Waals surface area contributed by atoms with E-state index in [0.29, 0.717) is 6.42 Å². The molecule has 0 bridgehead atoms. The van der Waals surface area contributed by atoms with Crippen molar-refractivity contribution in [2.45, 2.75) is 90.4 Å². The van der Waals surface area contributed by atoms with Crippen molar-refractivity contribution in [1.29, 1.82) is 0 Å². The Morgan fingerprint density at radius 1 is 0.789 bits per heavy atom. The van der Waals surface area contributed by atoms with Crippen LogP contribution in [-0.4, -0.2) is 11.1 Å². The van der Waals surface area contributed by atoms with Crippen LogP contribution in [0.1, 0.15) is 90.4 Å². The molecule has 0 saturated carbocycles. The van der Waals surface area contributed by atoms with Crippen molar-refractivity contribution >= 4 is 5.97 Å². The van der Waals surface area contributed by atoms with E-state index >= 15 is 0 Å². The Bertz CT molecular complexity index is 221. The molecule has 0 aliphatic carbocycles. The van der Waals surface area contributed by atoms with Gasteiger partial charge >= 0.3 is 5.97 Å². The van der Waals surface area contributed by atoms with Crippen LogP contribution in [0.25, 0.3) is 0 Å². The first kappa shape index (κ1) is 18.2. The quantitative estimate of drug-likeness (QED) is 0.323. The first-order chi connectivity index (χ1) is 9.27. The maximum absolute atomic E-state index is 10.3. The topological polar surface area (TPSA) is 37.3 Å². The van der Waals surface area contributed by atoms with Gasteiger partial charge < -0.3 is 5.11 Å². The van der Waals surface area contributed by atoms with Crippen LogP contribution in [0.15, 0.2) is 12.2 Å². The van der Waals surface area contributed by atoms with Crippen LogP contribution in [0.5, 0.6) is 0 Å². The summed E-state index contributed by atoms with van der Waals surface area (Å²) in [5.74, 6) is -0.659. The largest absolute Gasteiger partial charge is 0.481 e. The molecule has 0 fully saturated rings. The Labute approximate surface area is 119 Å². The second-order valence-corrected chi connectivity index (χ2v) is 5.35. The summed E-state index contributed by atoms with van der Waals surface area (Å²) in [6, 6.07) is 0. The van der Waals surface area contributed by atoms with E-state index in [9.17, 15) is 4.79 Å². The van der Waals surface area contributed by atoms with Crippen LogP contribution >= 0.6 is 0 Å². The van der Waals surface area contributed by atoms with E-state index in [2.05, 4.69) is 19.1 Å². The van der Waals surface area contributed by atoms with Crippen LogP contribution in [0.3, 0.4) is 0 Å². The number of rotatable bonds is 14. The maximum atomic E-state index is 10.3. The Balaban J connectivity index is 2.99. The predicted molar refractivity (Wildman–Crippen MR) is 82.5 cm³/mol. The molecule has 0 radical (unpaired) electrons. The zero-order valence-corrected chi connectivity index (χ0v) is 12.7. The fourth-order valence-corrected chi connectivity index (χ4v) is 2.24. The molecule has 19 heavy (non-hydrogen) atoms. The normalized spacial score (nSPS) is 11.2. The molecule has 0 saturated heterocycles. The van der Waals surface area contributed by atoms with E-state index < -0.39 is 5.97 Å². The highest BCUT2D eigenvalue weighted by Crippen LogP contribution is 2.12. The predicted octanol–water partition coefficient (Wildman–Crippen LogP) is 5.72. The molecule has 1 N–H and O–H groups in total. The molecule has 0 amide bonds. The minimum absolute atomic E-state index is 0.340. The third kappa shape index (κ3) is 17.2. The van der Waals surface area contributed by atoms with Gasteiger partial charge in [-0.2, -0.15) is 0 Å². The number of carboxylic acid groups (broad SMARTS) is 1. The van der Waals surface area contributed by atoms with E-state index in [0.717, 1.165) is 19.3 Å². The summed E-state index contributed by atoms with van der Waals surface area (Å²) in [5.41, 5.74) is 0. The highest BCUT2D eigenvalue weighted by atomic mass is 16.4. The van der Waals surface area contributed by atoms with Crippen LogP contribution in [0, 0.1) is 0 Å². The Morgan fingerprint density at radius 2 is 1.26 bits per heavy atom. The van der Waals surface area contributed by atoms with Crippen LogP contribution in [0.4, 0.5) is 0 Å². The molecule has 0 unspecified atom stereocenters. The van der Waals surface area contributed by atoms with Crippen molar-refractivity contribution in [3.63, 3.8) is 0 Å². The standard InChI is InChI=1S/C17H32O2/c1-2-3-4-5-6-7-8-9-10-11-12-13-14-15-16-17(18)19/h3-4H,2,5-16H2,1H3,(H,18,19)/b4-3+. The van der Waals surface area contributed by atoms with Gasteiger partial charge in [-0.3, -0.25) is 4.79 Å². The molecular formula is C17H32O2. The fourth-order valence-electron chi connectivity index (χ4n) is 2.24. The van der Waals surface area contributed by atoms with Crippen LogP contribution < -0.4 is 0 Å². The summed E-state index contributed by atoms with van der Waals surface area (Å²) in [5, 5.41) is 8.50. The van der Waals surface area contributed by atoms with Crippen molar-refractivity contribution in [2.24, 2.45) is 0 Å². The van der Waals surface area contributed by atoms with Gasteiger partial charge in [0.15, 0.2) is 0 Å². The molecule has 0 aromatic rings. The summed E-state index contributed by atoms with van der Waals surface area (Å²) >= 11 is 0. The fraction of sp³-hybridized carbons (Fsp3) is 0.824. The molecule has 0 heterocycles. The van der Waals surface area contributed by atoms with Gasteiger partial charge in [0.2, 0.25) is 0 Å². The van der Waals surface area contributed by atoms with Crippen LogP contribution in [0.2, 0.25) is 0 Å². The number of aliphatic carboxylic acids is 1. The molecule has 2 nitrogen and oxygen atoms in total. The summed E-state index contributed by atoms with van der Waals surface area (Å²) in [6.07, 6.45) is 19.8. The molecular weight excluding hydrogens is 236 g/mol. The first-order valence-electron chi connectivity index (χ1n) is 8.14. The van der Waals surface area contributed by atoms with Gasteiger partial charge in [0.25, 0.3) is 0 Å². The van der Waals surface area contributed by atoms with Crippen molar-refractivity contribution < 1.29 is 9.90 Å². The Kier molecular flexibility index (Phi) is 14.6. The monoisotopic (exact) mass is 268 g/mol. The molecule has 112 valence electrons. The van der Waals surface area contributed by atoms with Gasteiger partial charge in [-0.05, 0) is 25.7 Å². The molecule has 0 rings (SSSR count). The average molecular weight is 268 g/mol. The zero-order chi connectivity index (χ0) is 14.2. The van der Waals surface area contributed by atoms with Crippen LogP contribution in [-0.2, 0) is 4.79 Å². The average Bonchev–Trinajstić information content (AvgIpc) is 2.39. The lowest BCUT2D eigenvalue weighted by Crippen LogP contribution is -1.93. The van der Waals surface area contributed by atoms with Gasteiger partial charge in [-0.25, -0.2) is 0 Å². The number of unbranched alkanes of at least 4 members (excludes halogenated alkanes) is 10. The second-order valence-electron chi connectivity index (χ2n) is 5.35. The summed E-state index contributed by atoms with van der Waals surface area (Å²) in [7, 11) is 0. The Hall–Kier alpha value is -0.790. The van der Waals surface area contributed by atoms with E-state index in [1.54, 1.807) is 0 Å². The molecule has 2 heteroatoms. The lowest BCUT2D eigenvalue weighted by Gasteiger charge is -2.01. The van der Waals surface area contributed by atoms with Crippen molar-refractivity contribution in [3.8, 4) is 0 Å². The van der Waals surface area contributed by atoms with E-state index in [1.807, 2.05) is 0 Å². The highest BCUT2D eigenvalue weighted by molar-refractivity contribution is 5.66. The summed E-state index contributed by atoms with van der Waals surface area (Å²) in [4.78, 5) is 10.3. The molecule has 0 spiro atoms. The lowest BCUT2D eigenvalue weighted by molar-refractivity contribution is -0.137. The minimum atomic E-state index is -0.659. The second kappa shape index (κ2) is 15.3. The summed E-state index contributed by atoms with van der Waals surface area (Å²) < 4.78 is 0. The number of hydrogen-bond acceptors (Lipinski definition) is 1. The van der Waals surface area contributed by atoms with Gasteiger partial charge in [0.05, 0.1) is 0 Å². The third-order valence-electron chi connectivity index (χ3n) is 3.41. The number of carbonyl (C=O) groups is 1. The van der Waals surface area contributed by atoms with Crippen molar-refractivity contribution in [2.75, 3.05) is 0 Å². The first-order valence-corrected chi connectivity index (χ1v) is 8.14.